The van der Waals surface area contributed by atoms with Crippen molar-refractivity contribution in [1.82, 2.24) is 10.0 Å². The van der Waals surface area contributed by atoms with E-state index in [4.69, 9.17) is 0 Å². The van der Waals surface area contributed by atoms with Gasteiger partial charge >= 0.3 is 0 Å². The van der Waals surface area contributed by atoms with Gasteiger partial charge < -0.3 is 5.11 Å². The number of carbonyl (C=O) groups is 1. The largest absolute Gasteiger partial charge is 0.391 e. The number of hydrogen-bond acceptors (Lipinski definition) is 5. The van der Waals surface area contributed by atoms with Crippen LogP contribution in [0.25, 0.3) is 0 Å². The van der Waals surface area contributed by atoms with Crippen molar-refractivity contribution in [2.75, 3.05) is 6.54 Å². The maximum atomic E-state index is 12.2. The van der Waals surface area contributed by atoms with Crippen molar-refractivity contribution in [2.24, 2.45) is 22.1 Å². The number of nitrogens with zero attached hydrogens (tertiary/aromatic N) is 4. The third-order valence-electron chi connectivity index (χ3n) is 5.59. The summed E-state index contributed by atoms with van der Waals surface area (Å²) in [5.41, 5.74) is 0. The first-order valence-electron chi connectivity index (χ1n) is 6.90. The summed E-state index contributed by atoms with van der Waals surface area (Å²) in [7, 11) is 0. The summed E-state index contributed by atoms with van der Waals surface area (Å²) in [6.07, 6.45) is 1.78. The van der Waals surface area contributed by atoms with E-state index in [0.717, 1.165) is 12.8 Å². The molecule has 2 saturated heterocycles. The Morgan fingerprint density at radius 2 is 1.83 bits per heavy atom. The highest BCUT2D eigenvalue weighted by atomic mass is 16.3. The minimum atomic E-state index is -0.495. The van der Waals surface area contributed by atoms with Gasteiger partial charge in [0.1, 0.15) is 0 Å². The molecule has 3 aliphatic heterocycles. The number of azo groups is 1. The molecule has 7 atom stereocenters. The molecular formula is C12H16N4O2. The third-order valence-corrected chi connectivity index (χ3v) is 5.59. The van der Waals surface area contributed by atoms with Crippen LogP contribution in [0.2, 0.25) is 0 Å². The van der Waals surface area contributed by atoms with Crippen LogP contribution in [-0.2, 0) is 4.79 Å². The molecule has 6 heteroatoms. The highest BCUT2D eigenvalue weighted by Crippen LogP contribution is 2.57. The molecule has 0 radical (unpaired) electrons. The average molecular weight is 248 g/mol. The standard InChI is InChI=1S/C12H16N4O2/c17-5-1-10(18)16-9-3-7-11-6(13-14-7)2-8(12(9)11)15(16)4-5/h5-9,11-12,17H,1-4H2/t5?,6-,7+,8+,9-,11+,12-/m0/s1. The molecule has 3 heterocycles. The van der Waals surface area contributed by atoms with Crippen molar-refractivity contribution in [1.29, 1.82) is 0 Å². The molecule has 0 aromatic heterocycles. The van der Waals surface area contributed by atoms with E-state index in [0.29, 0.717) is 42.5 Å². The van der Waals surface area contributed by atoms with Gasteiger partial charge in [0, 0.05) is 24.4 Å². The number of hydrogen-bond donors (Lipinski definition) is 1. The first-order valence-corrected chi connectivity index (χ1v) is 6.90. The summed E-state index contributed by atoms with van der Waals surface area (Å²) in [6.45, 7) is 0.616. The topological polar surface area (TPSA) is 68.5 Å². The summed E-state index contributed by atoms with van der Waals surface area (Å²) >= 11 is 0. The van der Waals surface area contributed by atoms with Crippen LogP contribution in [-0.4, -0.2) is 57.8 Å². The fraction of sp³-hybridized carbons (Fsp3) is 0.917. The Balaban J connectivity index is 1.59. The lowest BCUT2D eigenvalue weighted by molar-refractivity contribution is -0.165. The number of rotatable bonds is 0. The van der Waals surface area contributed by atoms with Crippen molar-refractivity contribution in [3.05, 3.63) is 0 Å². The molecule has 4 fully saturated rings. The molecule has 0 spiro atoms. The van der Waals surface area contributed by atoms with Crippen LogP contribution in [0.4, 0.5) is 0 Å². The van der Waals surface area contributed by atoms with Crippen LogP contribution >= 0.6 is 0 Å². The van der Waals surface area contributed by atoms with Gasteiger partial charge in [0.2, 0.25) is 5.91 Å². The zero-order chi connectivity index (χ0) is 12.0. The highest BCUT2D eigenvalue weighted by Gasteiger charge is 2.67. The lowest BCUT2D eigenvalue weighted by Gasteiger charge is -2.40. The van der Waals surface area contributed by atoms with E-state index in [-0.39, 0.29) is 12.3 Å². The summed E-state index contributed by atoms with van der Waals surface area (Å²) in [5, 5.41) is 22.7. The van der Waals surface area contributed by atoms with Crippen LogP contribution in [0.5, 0.6) is 0 Å². The van der Waals surface area contributed by atoms with Gasteiger partial charge in [-0.15, -0.1) is 0 Å². The number of carbonyl (C=O) groups excluding carboxylic acids is 1. The first kappa shape index (κ1) is 9.86. The maximum Gasteiger partial charge on any atom is 0.239 e. The first-order chi connectivity index (χ1) is 8.74. The van der Waals surface area contributed by atoms with E-state index in [2.05, 4.69) is 15.2 Å². The molecule has 1 amide bonds. The number of aliphatic hydroxyl groups excluding tert-OH is 1. The van der Waals surface area contributed by atoms with Crippen molar-refractivity contribution in [3.63, 3.8) is 0 Å². The lowest BCUT2D eigenvalue weighted by Crippen LogP contribution is -2.55. The van der Waals surface area contributed by atoms with Crippen molar-refractivity contribution < 1.29 is 9.90 Å². The van der Waals surface area contributed by atoms with E-state index in [1.165, 1.54) is 0 Å². The number of fused-ring (bicyclic) bond motifs is 3. The van der Waals surface area contributed by atoms with Gasteiger partial charge in [-0.1, -0.05) is 0 Å². The quantitative estimate of drug-likeness (QED) is 0.645. The number of amides is 1. The molecule has 0 bridgehead atoms. The SMILES string of the molecule is O=C1CC(O)CN2[C@@H]3C[C@@H]4N=N[C@@H]5C[C@@H]([C@H]3[C@H]45)N12. The monoisotopic (exact) mass is 248 g/mol. The molecule has 5 aliphatic rings. The molecule has 1 unspecified atom stereocenters. The van der Waals surface area contributed by atoms with E-state index in [1.54, 1.807) is 0 Å². The minimum absolute atomic E-state index is 0.0987. The predicted octanol–water partition coefficient (Wildman–Crippen LogP) is -0.210. The average Bonchev–Trinajstić information content (AvgIpc) is 2.98. The predicted molar refractivity (Wildman–Crippen MR) is 60.4 cm³/mol. The zero-order valence-electron chi connectivity index (χ0n) is 10.0. The van der Waals surface area contributed by atoms with Crippen molar-refractivity contribution in [3.8, 4) is 0 Å². The second-order valence-corrected chi connectivity index (χ2v) is 6.34. The molecule has 1 N–H and O–H groups in total. The van der Waals surface area contributed by atoms with Gasteiger partial charge in [-0.3, -0.25) is 9.80 Å². The van der Waals surface area contributed by atoms with E-state index in [9.17, 15) is 9.90 Å². The van der Waals surface area contributed by atoms with Gasteiger partial charge in [-0.2, -0.15) is 10.2 Å². The Labute approximate surface area is 105 Å². The van der Waals surface area contributed by atoms with Crippen molar-refractivity contribution >= 4 is 5.91 Å². The normalized spacial score (nSPS) is 56.4. The van der Waals surface area contributed by atoms with E-state index in [1.807, 2.05) is 5.01 Å². The third kappa shape index (κ3) is 0.936. The Hall–Kier alpha value is -1.01. The van der Waals surface area contributed by atoms with Gasteiger partial charge in [0.15, 0.2) is 0 Å². The van der Waals surface area contributed by atoms with Crippen LogP contribution in [0, 0.1) is 11.8 Å². The highest BCUT2D eigenvalue weighted by molar-refractivity contribution is 5.78. The Morgan fingerprint density at radius 1 is 1.11 bits per heavy atom. The van der Waals surface area contributed by atoms with Crippen LogP contribution in [0.3, 0.4) is 0 Å². The smallest absolute Gasteiger partial charge is 0.239 e. The fourth-order valence-corrected chi connectivity index (χ4v) is 5.14. The van der Waals surface area contributed by atoms with Crippen LogP contribution in [0.1, 0.15) is 19.3 Å². The molecule has 0 aromatic carbocycles. The molecule has 18 heavy (non-hydrogen) atoms. The number of aliphatic hydroxyl groups is 1. The van der Waals surface area contributed by atoms with E-state index < -0.39 is 6.10 Å². The van der Waals surface area contributed by atoms with Gasteiger partial charge in [-0.05, 0) is 12.8 Å². The summed E-state index contributed by atoms with van der Waals surface area (Å²) in [6, 6.07) is 1.48. The Kier molecular flexibility index (Phi) is 1.61. The minimum Gasteiger partial charge on any atom is -0.391 e. The maximum absolute atomic E-state index is 12.2. The lowest BCUT2D eigenvalue weighted by atomic mass is 9.94. The fourth-order valence-electron chi connectivity index (χ4n) is 5.14. The Bertz CT molecular complexity index is 467. The molecule has 2 aliphatic carbocycles. The summed E-state index contributed by atoms with van der Waals surface area (Å²) in [4.78, 5) is 12.2. The second kappa shape index (κ2) is 2.93. The Morgan fingerprint density at radius 3 is 2.61 bits per heavy atom. The molecule has 96 valence electrons. The van der Waals surface area contributed by atoms with Crippen LogP contribution < -0.4 is 0 Å². The molecule has 2 saturated carbocycles. The summed E-state index contributed by atoms with van der Waals surface area (Å²) < 4.78 is 0. The van der Waals surface area contributed by atoms with Crippen LogP contribution in [0.15, 0.2) is 10.2 Å². The van der Waals surface area contributed by atoms with Gasteiger partial charge in [-0.25, -0.2) is 5.01 Å². The number of hydrazine groups is 1. The summed E-state index contributed by atoms with van der Waals surface area (Å²) in [5.74, 6) is 1.21. The zero-order valence-corrected chi connectivity index (χ0v) is 10.0. The second-order valence-electron chi connectivity index (χ2n) is 6.34. The molecule has 0 aromatic rings. The van der Waals surface area contributed by atoms with Gasteiger partial charge in [0.05, 0.1) is 30.7 Å². The molecule has 5 rings (SSSR count). The van der Waals surface area contributed by atoms with Gasteiger partial charge in [0.25, 0.3) is 0 Å². The van der Waals surface area contributed by atoms with Crippen molar-refractivity contribution in [2.45, 2.75) is 49.5 Å². The molecular weight excluding hydrogens is 232 g/mol. The van der Waals surface area contributed by atoms with E-state index >= 15 is 0 Å². The molecule has 6 nitrogen and oxygen atoms in total.